The van der Waals surface area contributed by atoms with Gasteiger partial charge in [-0.2, -0.15) is 0 Å². The first-order valence-electron chi connectivity index (χ1n) is 9.56. The molecule has 1 atom stereocenters. The molecule has 4 heterocycles. The molecule has 1 aromatic heterocycles. The number of nitrogens with zero attached hydrogens (tertiary/aromatic N) is 1. The van der Waals surface area contributed by atoms with E-state index in [0.29, 0.717) is 24.3 Å². The summed E-state index contributed by atoms with van der Waals surface area (Å²) in [6, 6.07) is 10.9. The Bertz CT molecular complexity index is 1240. The number of hydrogen-bond donors (Lipinski definition) is 1. The van der Waals surface area contributed by atoms with Gasteiger partial charge in [0.15, 0.2) is 5.76 Å². The molecular formula is C22H16N2O5. The van der Waals surface area contributed by atoms with Crippen molar-refractivity contribution in [3.63, 3.8) is 0 Å². The first-order chi connectivity index (χ1) is 14.1. The average Bonchev–Trinajstić information content (AvgIpc) is 3.26. The number of ether oxygens (including phenoxy) is 1. The van der Waals surface area contributed by atoms with Crippen LogP contribution in [0.25, 0.3) is 22.1 Å². The highest BCUT2D eigenvalue weighted by molar-refractivity contribution is 6.07. The van der Waals surface area contributed by atoms with E-state index in [1.54, 1.807) is 11.0 Å². The Kier molecular flexibility index (Phi) is 3.21. The number of para-hydroxylation sites is 1. The van der Waals surface area contributed by atoms with Gasteiger partial charge in [-0.15, -0.1) is 0 Å². The number of nitrogens with one attached hydrogen (secondary N) is 1. The van der Waals surface area contributed by atoms with Gasteiger partial charge in [0.05, 0.1) is 6.54 Å². The summed E-state index contributed by atoms with van der Waals surface area (Å²) in [6.07, 6.45) is 0.569. The summed E-state index contributed by atoms with van der Waals surface area (Å²) >= 11 is 0. The maximum absolute atomic E-state index is 13.0. The van der Waals surface area contributed by atoms with E-state index in [0.717, 1.165) is 33.4 Å². The van der Waals surface area contributed by atoms with Gasteiger partial charge in [-0.1, -0.05) is 18.2 Å². The van der Waals surface area contributed by atoms with Crippen LogP contribution in [0, 0.1) is 0 Å². The number of carbonyl (C=O) groups excluding carboxylic acids is 3. The summed E-state index contributed by atoms with van der Waals surface area (Å²) < 4.78 is 12.0. The summed E-state index contributed by atoms with van der Waals surface area (Å²) in [5, 5.41) is 3.34. The van der Waals surface area contributed by atoms with Crippen molar-refractivity contribution in [2.75, 3.05) is 0 Å². The molecule has 3 amide bonds. The number of imide groups is 1. The predicted molar refractivity (Wildman–Crippen MR) is 102 cm³/mol. The molecule has 1 unspecified atom stereocenters. The van der Waals surface area contributed by atoms with Crippen molar-refractivity contribution in [3.8, 4) is 16.9 Å². The second-order valence-electron chi connectivity index (χ2n) is 7.55. The summed E-state index contributed by atoms with van der Waals surface area (Å²) in [4.78, 5) is 38.3. The minimum absolute atomic E-state index is 0.205. The van der Waals surface area contributed by atoms with Crippen molar-refractivity contribution >= 4 is 28.7 Å². The van der Waals surface area contributed by atoms with E-state index in [-0.39, 0.29) is 24.8 Å². The molecule has 2 aromatic carbocycles. The van der Waals surface area contributed by atoms with E-state index in [1.165, 1.54) is 0 Å². The second kappa shape index (κ2) is 5.70. The van der Waals surface area contributed by atoms with Crippen molar-refractivity contribution in [1.82, 2.24) is 10.2 Å². The van der Waals surface area contributed by atoms with Crippen LogP contribution in [0.3, 0.4) is 0 Å². The molecule has 3 aliphatic heterocycles. The van der Waals surface area contributed by atoms with Gasteiger partial charge in [0, 0.05) is 34.1 Å². The van der Waals surface area contributed by atoms with Gasteiger partial charge in [0.2, 0.25) is 11.8 Å². The molecule has 0 bridgehead atoms. The average molecular weight is 388 g/mol. The van der Waals surface area contributed by atoms with Crippen LogP contribution in [-0.4, -0.2) is 28.7 Å². The van der Waals surface area contributed by atoms with Crippen LogP contribution in [0.5, 0.6) is 5.75 Å². The van der Waals surface area contributed by atoms with Gasteiger partial charge in [0.1, 0.15) is 24.0 Å². The SMILES string of the molecule is O=C1CCC(N2Cc3c(ccc4c3OCc3oc5ccccc5c3-4)C2=O)C(=O)N1. The smallest absolute Gasteiger partial charge is 0.255 e. The van der Waals surface area contributed by atoms with E-state index >= 15 is 0 Å². The molecule has 1 N–H and O–H groups in total. The highest BCUT2D eigenvalue weighted by atomic mass is 16.5. The molecule has 7 heteroatoms. The third kappa shape index (κ3) is 2.21. The topological polar surface area (TPSA) is 88.9 Å². The lowest BCUT2D eigenvalue weighted by Crippen LogP contribution is -2.52. The van der Waals surface area contributed by atoms with E-state index in [4.69, 9.17) is 9.15 Å². The van der Waals surface area contributed by atoms with Crippen LogP contribution in [0.4, 0.5) is 0 Å². The number of rotatable bonds is 1. The van der Waals surface area contributed by atoms with Gasteiger partial charge in [-0.25, -0.2) is 0 Å². The number of amides is 3. The number of carbonyl (C=O) groups is 3. The van der Waals surface area contributed by atoms with Crippen molar-refractivity contribution in [1.29, 1.82) is 0 Å². The van der Waals surface area contributed by atoms with E-state index in [1.807, 2.05) is 30.3 Å². The molecule has 3 aromatic rings. The Balaban J connectivity index is 1.45. The van der Waals surface area contributed by atoms with Crippen LogP contribution in [0.2, 0.25) is 0 Å². The van der Waals surface area contributed by atoms with Crippen molar-refractivity contribution in [2.45, 2.75) is 32.0 Å². The number of fused-ring (bicyclic) bond motifs is 7. The Morgan fingerprint density at radius 3 is 2.72 bits per heavy atom. The summed E-state index contributed by atoms with van der Waals surface area (Å²) in [7, 11) is 0. The van der Waals surface area contributed by atoms with E-state index < -0.39 is 11.9 Å². The Morgan fingerprint density at radius 1 is 1.03 bits per heavy atom. The van der Waals surface area contributed by atoms with Gasteiger partial charge in [-0.3, -0.25) is 19.7 Å². The Morgan fingerprint density at radius 2 is 1.86 bits per heavy atom. The van der Waals surface area contributed by atoms with Gasteiger partial charge < -0.3 is 14.1 Å². The second-order valence-corrected chi connectivity index (χ2v) is 7.55. The van der Waals surface area contributed by atoms with Gasteiger partial charge >= 0.3 is 0 Å². The highest BCUT2D eigenvalue weighted by Gasteiger charge is 2.41. The zero-order chi connectivity index (χ0) is 19.7. The van der Waals surface area contributed by atoms with Gasteiger partial charge in [-0.05, 0) is 24.6 Å². The van der Waals surface area contributed by atoms with Crippen molar-refractivity contribution < 1.29 is 23.5 Å². The maximum Gasteiger partial charge on any atom is 0.255 e. The number of benzene rings is 2. The molecule has 144 valence electrons. The monoisotopic (exact) mass is 388 g/mol. The predicted octanol–water partition coefficient (Wildman–Crippen LogP) is 2.75. The molecule has 0 aliphatic carbocycles. The van der Waals surface area contributed by atoms with E-state index in [9.17, 15) is 14.4 Å². The molecule has 1 fully saturated rings. The first-order valence-corrected chi connectivity index (χ1v) is 9.56. The summed E-state index contributed by atoms with van der Waals surface area (Å²) in [5.41, 5.74) is 4.03. The lowest BCUT2D eigenvalue weighted by molar-refractivity contribution is -0.136. The lowest BCUT2D eigenvalue weighted by Gasteiger charge is -2.29. The Labute approximate surface area is 165 Å². The zero-order valence-electron chi connectivity index (χ0n) is 15.4. The van der Waals surface area contributed by atoms with E-state index in [2.05, 4.69) is 5.32 Å². The van der Waals surface area contributed by atoms with Crippen LogP contribution >= 0.6 is 0 Å². The fraction of sp³-hybridized carbons (Fsp3) is 0.227. The maximum atomic E-state index is 13.0. The molecule has 29 heavy (non-hydrogen) atoms. The van der Waals surface area contributed by atoms with Crippen molar-refractivity contribution in [3.05, 3.63) is 53.3 Å². The summed E-state index contributed by atoms with van der Waals surface area (Å²) in [5.74, 6) is 0.522. The third-order valence-electron chi connectivity index (χ3n) is 5.95. The summed E-state index contributed by atoms with van der Waals surface area (Å²) in [6.45, 7) is 0.578. The minimum atomic E-state index is -0.642. The molecule has 3 aliphatic rings. The molecule has 0 saturated carbocycles. The standard InChI is InChI=1S/C22H16N2O5/c25-18-8-7-15(21(26)23-18)24-9-14-11(22(24)27)5-6-13-19-12-3-1-2-4-16(12)29-17(19)10-28-20(13)14/h1-6,15H,7-10H2,(H,23,25,26). The molecule has 6 rings (SSSR count). The molecule has 0 radical (unpaired) electrons. The fourth-order valence-corrected chi connectivity index (χ4v) is 4.61. The number of piperidine rings is 1. The van der Waals surface area contributed by atoms with Crippen molar-refractivity contribution in [2.24, 2.45) is 0 Å². The molecule has 0 spiro atoms. The van der Waals surface area contributed by atoms with Crippen LogP contribution in [0.15, 0.2) is 40.8 Å². The third-order valence-corrected chi connectivity index (χ3v) is 5.95. The fourth-order valence-electron chi connectivity index (χ4n) is 4.61. The largest absolute Gasteiger partial charge is 0.485 e. The van der Waals surface area contributed by atoms with Gasteiger partial charge in [0.25, 0.3) is 5.91 Å². The normalized spacial score (nSPS) is 20.2. The quantitative estimate of drug-likeness (QED) is 0.648. The van der Waals surface area contributed by atoms with Crippen LogP contribution < -0.4 is 10.1 Å². The van der Waals surface area contributed by atoms with Crippen LogP contribution in [0.1, 0.15) is 34.5 Å². The molecule has 1 saturated heterocycles. The molecule has 7 nitrogen and oxygen atoms in total. The lowest BCUT2D eigenvalue weighted by atomic mass is 9.95. The Hall–Kier alpha value is -3.61. The first kappa shape index (κ1) is 16.4. The molecular weight excluding hydrogens is 372 g/mol. The minimum Gasteiger partial charge on any atom is -0.485 e. The highest BCUT2D eigenvalue weighted by Crippen LogP contribution is 2.47. The zero-order valence-corrected chi connectivity index (χ0v) is 15.4. The van der Waals surface area contributed by atoms with Crippen LogP contribution in [-0.2, 0) is 22.7 Å². The number of hydrogen-bond acceptors (Lipinski definition) is 5. The number of furan rings is 1.